The number of hydrogen-bond acceptors (Lipinski definition) is 3. The SMILES string of the molecule is CNC1(CC(=O)NCCc2ccnn2C)CCCCC1. The third-order valence-corrected chi connectivity index (χ3v) is 4.47. The van der Waals surface area contributed by atoms with E-state index in [1.54, 1.807) is 6.20 Å². The van der Waals surface area contributed by atoms with Gasteiger partial charge in [0.25, 0.3) is 0 Å². The van der Waals surface area contributed by atoms with E-state index in [2.05, 4.69) is 15.7 Å². The Morgan fingerprint density at radius 3 is 2.75 bits per heavy atom. The topological polar surface area (TPSA) is 59.0 Å². The molecule has 2 rings (SSSR count). The number of aromatic nitrogens is 2. The van der Waals surface area contributed by atoms with Gasteiger partial charge in [0.2, 0.25) is 5.91 Å². The van der Waals surface area contributed by atoms with Crippen molar-refractivity contribution in [3.8, 4) is 0 Å². The molecule has 0 spiro atoms. The van der Waals surface area contributed by atoms with E-state index in [9.17, 15) is 4.79 Å². The Morgan fingerprint density at radius 2 is 2.15 bits per heavy atom. The predicted molar refractivity (Wildman–Crippen MR) is 79.4 cm³/mol. The van der Waals surface area contributed by atoms with E-state index in [0.29, 0.717) is 13.0 Å². The molecule has 1 aromatic heterocycles. The molecule has 112 valence electrons. The van der Waals surface area contributed by atoms with Gasteiger partial charge in [0.15, 0.2) is 0 Å². The Hall–Kier alpha value is -1.36. The average molecular weight is 278 g/mol. The first-order valence-corrected chi connectivity index (χ1v) is 7.58. The molecule has 0 radical (unpaired) electrons. The van der Waals surface area contributed by atoms with Crippen molar-refractivity contribution in [1.82, 2.24) is 20.4 Å². The summed E-state index contributed by atoms with van der Waals surface area (Å²) in [5.74, 6) is 0.156. The fourth-order valence-electron chi connectivity index (χ4n) is 3.09. The number of nitrogens with zero attached hydrogens (tertiary/aromatic N) is 2. The molecule has 1 saturated carbocycles. The molecule has 1 heterocycles. The number of amides is 1. The van der Waals surface area contributed by atoms with Gasteiger partial charge in [0.05, 0.1) is 0 Å². The zero-order valence-corrected chi connectivity index (χ0v) is 12.6. The molecule has 1 aliphatic rings. The van der Waals surface area contributed by atoms with Gasteiger partial charge in [-0.15, -0.1) is 0 Å². The molecule has 5 heteroatoms. The summed E-state index contributed by atoms with van der Waals surface area (Å²) in [5, 5.41) is 10.5. The second-order valence-corrected chi connectivity index (χ2v) is 5.81. The summed E-state index contributed by atoms with van der Waals surface area (Å²) in [7, 11) is 3.91. The van der Waals surface area contributed by atoms with Crippen LogP contribution in [0.5, 0.6) is 0 Å². The van der Waals surface area contributed by atoms with E-state index in [4.69, 9.17) is 0 Å². The summed E-state index contributed by atoms with van der Waals surface area (Å²) in [5.41, 5.74) is 1.17. The van der Waals surface area contributed by atoms with Gasteiger partial charge in [-0.25, -0.2) is 0 Å². The highest BCUT2D eigenvalue weighted by Gasteiger charge is 2.32. The van der Waals surface area contributed by atoms with Crippen molar-refractivity contribution < 1.29 is 4.79 Å². The Labute approximate surface area is 121 Å². The minimum Gasteiger partial charge on any atom is -0.356 e. The van der Waals surface area contributed by atoms with Crippen molar-refractivity contribution in [2.45, 2.75) is 50.5 Å². The van der Waals surface area contributed by atoms with Crippen LogP contribution in [-0.2, 0) is 18.3 Å². The molecule has 1 amide bonds. The van der Waals surface area contributed by atoms with Crippen LogP contribution in [0.15, 0.2) is 12.3 Å². The minimum atomic E-state index is 0.0227. The van der Waals surface area contributed by atoms with Crippen LogP contribution < -0.4 is 10.6 Å². The maximum atomic E-state index is 12.1. The van der Waals surface area contributed by atoms with Crippen molar-refractivity contribution in [2.24, 2.45) is 7.05 Å². The van der Waals surface area contributed by atoms with Gasteiger partial charge in [-0.05, 0) is 26.0 Å². The zero-order chi connectivity index (χ0) is 14.4. The summed E-state index contributed by atoms with van der Waals surface area (Å²) in [6.07, 6.45) is 9.17. The lowest BCUT2D eigenvalue weighted by molar-refractivity contribution is -0.122. The average Bonchev–Trinajstić information content (AvgIpc) is 2.85. The summed E-state index contributed by atoms with van der Waals surface area (Å²) >= 11 is 0. The molecular weight excluding hydrogens is 252 g/mol. The van der Waals surface area contributed by atoms with E-state index in [0.717, 1.165) is 25.0 Å². The number of carbonyl (C=O) groups is 1. The van der Waals surface area contributed by atoms with Crippen molar-refractivity contribution in [2.75, 3.05) is 13.6 Å². The first kappa shape index (κ1) is 15.0. The number of hydrogen-bond donors (Lipinski definition) is 2. The van der Waals surface area contributed by atoms with Gasteiger partial charge >= 0.3 is 0 Å². The maximum Gasteiger partial charge on any atom is 0.221 e. The molecule has 0 aliphatic heterocycles. The van der Waals surface area contributed by atoms with Gasteiger partial charge in [0, 0.05) is 43.9 Å². The van der Waals surface area contributed by atoms with Gasteiger partial charge in [-0.3, -0.25) is 9.48 Å². The third-order valence-electron chi connectivity index (χ3n) is 4.47. The fraction of sp³-hybridized carbons (Fsp3) is 0.733. The Morgan fingerprint density at radius 1 is 1.40 bits per heavy atom. The molecule has 20 heavy (non-hydrogen) atoms. The predicted octanol–water partition coefficient (Wildman–Crippen LogP) is 1.39. The molecule has 0 saturated heterocycles. The van der Waals surface area contributed by atoms with Crippen LogP contribution in [0.2, 0.25) is 0 Å². The molecule has 2 N–H and O–H groups in total. The molecule has 1 fully saturated rings. The molecule has 5 nitrogen and oxygen atoms in total. The van der Waals surface area contributed by atoms with Crippen LogP contribution in [0.4, 0.5) is 0 Å². The standard InChI is InChI=1S/C15H26N4O/c1-16-15(8-4-3-5-9-15)12-14(20)17-10-6-13-7-11-18-19(13)2/h7,11,16H,3-6,8-10,12H2,1-2H3,(H,17,20). The fourth-order valence-corrected chi connectivity index (χ4v) is 3.09. The van der Waals surface area contributed by atoms with Crippen molar-refractivity contribution in [3.63, 3.8) is 0 Å². The van der Waals surface area contributed by atoms with Crippen molar-refractivity contribution in [3.05, 3.63) is 18.0 Å². The lowest BCUT2D eigenvalue weighted by atomic mass is 9.79. The van der Waals surface area contributed by atoms with Crippen LogP contribution in [-0.4, -0.2) is 34.8 Å². The second-order valence-electron chi connectivity index (χ2n) is 5.81. The smallest absolute Gasteiger partial charge is 0.221 e. The molecular formula is C15H26N4O. The van der Waals surface area contributed by atoms with Crippen LogP contribution in [0.25, 0.3) is 0 Å². The van der Waals surface area contributed by atoms with Crippen LogP contribution in [0.3, 0.4) is 0 Å². The van der Waals surface area contributed by atoms with Gasteiger partial charge < -0.3 is 10.6 Å². The quantitative estimate of drug-likeness (QED) is 0.827. The van der Waals surface area contributed by atoms with Crippen molar-refractivity contribution in [1.29, 1.82) is 0 Å². The summed E-state index contributed by atoms with van der Waals surface area (Å²) in [6, 6.07) is 1.99. The molecule has 0 atom stereocenters. The number of aryl methyl sites for hydroxylation is 1. The van der Waals surface area contributed by atoms with Crippen LogP contribution in [0.1, 0.15) is 44.2 Å². The maximum absolute atomic E-state index is 12.1. The van der Waals surface area contributed by atoms with E-state index in [1.165, 1.54) is 19.3 Å². The highest BCUT2D eigenvalue weighted by molar-refractivity contribution is 5.77. The lowest BCUT2D eigenvalue weighted by Gasteiger charge is -2.36. The normalized spacial score (nSPS) is 17.9. The van der Waals surface area contributed by atoms with E-state index in [-0.39, 0.29) is 11.4 Å². The number of carbonyl (C=O) groups excluding carboxylic acids is 1. The van der Waals surface area contributed by atoms with E-state index in [1.807, 2.05) is 24.8 Å². The molecule has 0 unspecified atom stereocenters. The second kappa shape index (κ2) is 6.88. The van der Waals surface area contributed by atoms with Crippen LogP contribution >= 0.6 is 0 Å². The monoisotopic (exact) mass is 278 g/mol. The Bertz CT molecular complexity index is 435. The van der Waals surface area contributed by atoms with Crippen LogP contribution in [0, 0.1) is 0 Å². The number of nitrogens with one attached hydrogen (secondary N) is 2. The summed E-state index contributed by atoms with van der Waals surface area (Å²) in [4.78, 5) is 12.1. The molecule has 0 bridgehead atoms. The molecule has 1 aliphatic carbocycles. The third kappa shape index (κ3) is 3.82. The van der Waals surface area contributed by atoms with E-state index >= 15 is 0 Å². The molecule has 0 aromatic carbocycles. The summed E-state index contributed by atoms with van der Waals surface area (Å²) < 4.78 is 1.85. The van der Waals surface area contributed by atoms with Gasteiger partial charge in [-0.2, -0.15) is 5.10 Å². The lowest BCUT2D eigenvalue weighted by Crippen LogP contribution is -2.48. The minimum absolute atomic E-state index is 0.0227. The van der Waals surface area contributed by atoms with Gasteiger partial charge in [-0.1, -0.05) is 19.3 Å². The Balaban J connectivity index is 1.75. The van der Waals surface area contributed by atoms with E-state index < -0.39 is 0 Å². The molecule has 1 aromatic rings. The van der Waals surface area contributed by atoms with Crippen molar-refractivity contribution >= 4 is 5.91 Å². The zero-order valence-electron chi connectivity index (χ0n) is 12.6. The Kier molecular flexibility index (Phi) is 5.17. The number of rotatable bonds is 6. The largest absolute Gasteiger partial charge is 0.356 e. The first-order chi connectivity index (χ1) is 9.65. The highest BCUT2D eigenvalue weighted by Crippen LogP contribution is 2.30. The highest BCUT2D eigenvalue weighted by atomic mass is 16.1. The summed E-state index contributed by atoms with van der Waals surface area (Å²) in [6.45, 7) is 0.679. The first-order valence-electron chi connectivity index (χ1n) is 7.58. The van der Waals surface area contributed by atoms with Gasteiger partial charge in [0.1, 0.15) is 0 Å².